The van der Waals surface area contributed by atoms with Gasteiger partial charge < -0.3 is 26.6 Å². The van der Waals surface area contributed by atoms with Crippen LogP contribution in [0.3, 0.4) is 0 Å². The van der Waals surface area contributed by atoms with Gasteiger partial charge in [-0.2, -0.15) is 0 Å². The van der Waals surface area contributed by atoms with Crippen molar-refractivity contribution in [1.82, 2.24) is 0 Å². The zero-order valence-electron chi connectivity index (χ0n) is 13.9. The number of rotatable bonds is 6. The smallest absolute Gasteiger partial charge is 0.328 e. The summed E-state index contributed by atoms with van der Waals surface area (Å²) in [4.78, 5) is 30.0. The van der Waals surface area contributed by atoms with Gasteiger partial charge >= 0.3 is 18.0 Å². The highest BCUT2D eigenvalue weighted by Gasteiger charge is 2.08. The normalized spacial score (nSPS) is 10.0. The molecule has 8 nitrogen and oxygen atoms in total. The van der Waals surface area contributed by atoms with Crippen LogP contribution < -0.4 is 16.4 Å². The van der Waals surface area contributed by atoms with E-state index in [1.807, 2.05) is 25.1 Å². The van der Waals surface area contributed by atoms with Crippen molar-refractivity contribution in [2.75, 3.05) is 17.2 Å². The fourth-order valence-corrected chi connectivity index (χ4v) is 1.76. The summed E-state index contributed by atoms with van der Waals surface area (Å²) < 4.78 is 0. The molecule has 0 aliphatic rings. The molecule has 0 unspecified atom stereocenters. The zero-order valence-corrected chi connectivity index (χ0v) is 13.9. The van der Waals surface area contributed by atoms with Crippen molar-refractivity contribution in [2.24, 2.45) is 5.73 Å². The average Bonchev–Trinajstić information content (AvgIpc) is 2.45. The number of carboxylic acid groups (broad SMARTS) is 2. The Balaban J connectivity index is 0.000000561. The molecule has 0 spiro atoms. The number of carbonyl (C=O) groups excluding carboxylic acids is 1. The molecule has 0 heterocycles. The number of primary amides is 1. The van der Waals surface area contributed by atoms with E-state index in [0.29, 0.717) is 18.1 Å². The molecule has 0 bridgehead atoms. The second-order valence-electron chi connectivity index (χ2n) is 4.99. The average molecular weight is 337 g/mol. The molecule has 0 radical (unpaired) electrons. The molecule has 6 N–H and O–H groups in total. The number of carboxylic acids is 2. The van der Waals surface area contributed by atoms with E-state index in [1.54, 1.807) is 0 Å². The summed E-state index contributed by atoms with van der Waals surface area (Å²) >= 11 is 0. The molecule has 1 aromatic rings. The minimum atomic E-state index is -1.26. The molecule has 0 aliphatic carbocycles. The molecule has 0 fully saturated rings. The number of nitrogens with two attached hydrogens (primary N) is 1. The van der Waals surface area contributed by atoms with Gasteiger partial charge in [0.2, 0.25) is 0 Å². The predicted octanol–water partition coefficient (Wildman–Crippen LogP) is 2.44. The minimum Gasteiger partial charge on any atom is -0.478 e. The molecule has 0 saturated carbocycles. The van der Waals surface area contributed by atoms with Crippen molar-refractivity contribution in [3.8, 4) is 0 Å². The molecule has 132 valence electrons. The van der Waals surface area contributed by atoms with Gasteiger partial charge in [0, 0.05) is 30.1 Å². The van der Waals surface area contributed by atoms with Gasteiger partial charge in [-0.1, -0.05) is 19.9 Å². The number of urea groups is 1. The minimum absolute atomic E-state index is 0.345. The first-order valence-corrected chi connectivity index (χ1v) is 7.25. The van der Waals surface area contributed by atoms with Gasteiger partial charge in [0.15, 0.2) is 0 Å². The lowest BCUT2D eigenvalue weighted by Crippen LogP contribution is -2.20. The molecule has 8 heteroatoms. The Morgan fingerprint density at radius 3 is 2.08 bits per heavy atom. The van der Waals surface area contributed by atoms with E-state index in [0.717, 1.165) is 23.5 Å². The molecular formula is C16H23N3O5. The largest absolute Gasteiger partial charge is 0.478 e. The maximum Gasteiger partial charge on any atom is 0.328 e. The second-order valence-corrected chi connectivity index (χ2v) is 4.99. The summed E-state index contributed by atoms with van der Waals surface area (Å²) in [7, 11) is 0. The number of aliphatic carboxylic acids is 2. The molecular weight excluding hydrogens is 314 g/mol. The van der Waals surface area contributed by atoms with Gasteiger partial charge in [-0.05, 0) is 30.5 Å². The van der Waals surface area contributed by atoms with Crippen molar-refractivity contribution in [3.05, 3.63) is 35.9 Å². The highest BCUT2D eigenvalue weighted by Crippen LogP contribution is 2.27. The van der Waals surface area contributed by atoms with Gasteiger partial charge in [0.25, 0.3) is 0 Å². The lowest BCUT2D eigenvalue weighted by atomic mass is 10.0. The van der Waals surface area contributed by atoms with Crippen LogP contribution in [-0.2, 0) is 9.59 Å². The van der Waals surface area contributed by atoms with Gasteiger partial charge in [0.1, 0.15) is 0 Å². The standard InChI is InChI=1S/C12H19N3O.C4H4O4/c1-4-14-9-5-6-10(8(2)3)11(7-9)15-12(13)16;5-3(6)1-2-4(7)8/h5-8,14H,4H2,1-3H3,(H3,13,15,16);1-2H,(H,5,6)(H,7,8)/b;2-1-. The maximum atomic E-state index is 10.9. The van der Waals surface area contributed by atoms with Crippen LogP contribution in [0.2, 0.25) is 0 Å². The third kappa shape index (κ3) is 9.08. The van der Waals surface area contributed by atoms with Crippen LogP contribution in [0.4, 0.5) is 16.2 Å². The van der Waals surface area contributed by atoms with Crippen molar-refractivity contribution >= 4 is 29.3 Å². The van der Waals surface area contributed by atoms with Gasteiger partial charge in [-0.3, -0.25) is 0 Å². The Morgan fingerprint density at radius 1 is 1.17 bits per heavy atom. The Morgan fingerprint density at radius 2 is 1.71 bits per heavy atom. The number of hydrogen-bond donors (Lipinski definition) is 5. The SMILES string of the molecule is CCNc1ccc(C(C)C)c(NC(N)=O)c1.O=C(O)/C=C\C(=O)O. The van der Waals surface area contributed by atoms with Gasteiger partial charge in [0.05, 0.1) is 0 Å². The van der Waals surface area contributed by atoms with E-state index in [-0.39, 0.29) is 0 Å². The number of carbonyl (C=O) groups is 3. The number of anilines is 2. The number of amides is 2. The Hall–Kier alpha value is -3.03. The van der Waals surface area contributed by atoms with Crippen molar-refractivity contribution in [1.29, 1.82) is 0 Å². The summed E-state index contributed by atoms with van der Waals surface area (Å²) in [5.41, 5.74) is 7.99. The molecule has 2 amide bonds. The lowest BCUT2D eigenvalue weighted by Gasteiger charge is -2.14. The summed E-state index contributed by atoms with van der Waals surface area (Å²) in [6.45, 7) is 7.03. The number of hydrogen-bond acceptors (Lipinski definition) is 4. The molecule has 0 atom stereocenters. The van der Waals surface area contributed by atoms with Gasteiger partial charge in [-0.25, -0.2) is 14.4 Å². The fraction of sp³-hybridized carbons (Fsp3) is 0.312. The van der Waals surface area contributed by atoms with Crippen molar-refractivity contribution in [3.63, 3.8) is 0 Å². The zero-order chi connectivity index (χ0) is 18.7. The number of nitrogens with one attached hydrogen (secondary N) is 2. The fourth-order valence-electron chi connectivity index (χ4n) is 1.76. The van der Waals surface area contributed by atoms with E-state index in [2.05, 4.69) is 24.5 Å². The van der Waals surface area contributed by atoms with Crippen LogP contribution in [0, 0.1) is 0 Å². The van der Waals surface area contributed by atoms with Crippen LogP contribution in [0.25, 0.3) is 0 Å². The third-order valence-electron chi connectivity index (χ3n) is 2.68. The van der Waals surface area contributed by atoms with Crippen molar-refractivity contribution in [2.45, 2.75) is 26.7 Å². The Labute approximate surface area is 140 Å². The molecule has 24 heavy (non-hydrogen) atoms. The van der Waals surface area contributed by atoms with Crippen LogP contribution in [-0.4, -0.2) is 34.7 Å². The summed E-state index contributed by atoms with van der Waals surface area (Å²) in [6, 6.07) is 5.39. The highest BCUT2D eigenvalue weighted by atomic mass is 16.4. The van der Waals surface area contributed by atoms with E-state index in [1.165, 1.54) is 0 Å². The monoisotopic (exact) mass is 337 g/mol. The maximum absolute atomic E-state index is 10.9. The Bertz CT molecular complexity index is 596. The second kappa shape index (κ2) is 10.7. The van der Waals surface area contributed by atoms with Crippen molar-refractivity contribution < 1.29 is 24.6 Å². The topological polar surface area (TPSA) is 142 Å². The first kappa shape index (κ1) is 21.0. The Kier molecular flexibility index (Phi) is 9.31. The first-order chi connectivity index (χ1) is 11.2. The highest BCUT2D eigenvalue weighted by molar-refractivity contribution is 5.90. The third-order valence-corrected chi connectivity index (χ3v) is 2.68. The molecule has 0 aliphatic heterocycles. The molecule has 0 aromatic heterocycles. The summed E-state index contributed by atoms with van der Waals surface area (Å²) in [6.07, 6.45) is 1.12. The summed E-state index contributed by atoms with van der Waals surface area (Å²) in [5.74, 6) is -2.17. The van der Waals surface area contributed by atoms with Crippen LogP contribution in [0.5, 0.6) is 0 Å². The molecule has 1 aromatic carbocycles. The van der Waals surface area contributed by atoms with Crippen LogP contribution in [0.1, 0.15) is 32.3 Å². The number of benzene rings is 1. The quantitative estimate of drug-likeness (QED) is 0.505. The molecule has 1 rings (SSSR count). The van der Waals surface area contributed by atoms with E-state index in [4.69, 9.17) is 15.9 Å². The first-order valence-electron chi connectivity index (χ1n) is 7.25. The lowest BCUT2D eigenvalue weighted by molar-refractivity contribution is -0.134. The molecule has 0 saturated heterocycles. The van der Waals surface area contributed by atoms with Gasteiger partial charge in [-0.15, -0.1) is 0 Å². The summed E-state index contributed by atoms with van der Waals surface area (Å²) in [5, 5.41) is 21.5. The van der Waals surface area contributed by atoms with Crippen LogP contribution >= 0.6 is 0 Å². The predicted molar refractivity (Wildman–Crippen MR) is 92.3 cm³/mol. The van der Waals surface area contributed by atoms with Crippen LogP contribution in [0.15, 0.2) is 30.4 Å². The van der Waals surface area contributed by atoms with E-state index >= 15 is 0 Å². The van der Waals surface area contributed by atoms with E-state index < -0.39 is 18.0 Å². The van der Waals surface area contributed by atoms with E-state index in [9.17, 15) is 14.4 Å².